The van der Waals surface area contributed by atoms with Crippen molar-refractivity contribution in [3.63, 3.8) is 0 Å². The number of rotatable bonds is 3. The van der Waals surface area contributed by atoms with Crippen LogP contribution < -0.4 is 5.32 Å². The van der Waals surface area contributed by atoms with E-state index in [9.17, 15) is 0 Å². The predicted octanol–water partition coefficient (Wildman–Crippen LogP) is 4.40. The predicted molar refractivity (Wildman–Crippen MR) is 77.1 cm³/mol. The summed E-state index contributed by atoms with van der Waals surface area (Å²) in [6, 6.07) is 17.5. The highest BCUT2D eigenvalue weighted by molar-refractivity contribution is 9.10. The Bertz CT molecular complexity index is 491. The highest BCUT2D eigenvalue weighted by atomic mass is 79.9. The molecule has 1 nitrogen and oxygen atoms in total. The smallest absolute Gasteiger partial charge is 0.0289 e. The fraction of sp³-hybridized carbons (Fsp3) is 0.200. The molecule has 2 aromatic rings. The monoisotopic (exact) mass is 289 g/mol. The van der Waals surface area contributed by atoms with Gasteiger partial charge in [0, 0.05) is 10.5 Å². The Balaban J connectivity index is 2.29. The van der Waals surface area contributed by atoms with Crippen LogP contribution in [-0.4, -0.2) is 7.05 Å². The fourth-order valence-corrected chi connectivity index (χ4v) is 2.20. The van der Waals surface area contributed by atoms with Gasteiger partial charge in [-0.1, -0.05) is 52.3 Å². The second-order valence-corrected chi connectivity index (χ2v) is 5.06. The molecule has 1 unspecified atom stereocenters. The maximum Gasteiger partial charge on any atom is 0.0289 e. The molecule has 0 heterocycles. The highest BCUT2D eigenvalue weighted by Gasteiger charge is 2.03. The quantitative estimate of drug-likeness (QED) is 0.883. The fourth-order valence-electron chi connectivity index (χ4n) is 1.80. The first-order valence-corrected chi connectivity index (χ1v) is 6.53. The minimum Gasteiger partial charge on any atom is -0.313 e. The van der Waals surface area contributed by atoms with Crippen LogP contribution in [0.5, 0.6) is 0 Å². The van der Waals surface area contributed by atoms with Crippen molar-refractivity contribution < 1.29 is 0 Å². The standard InChI is InChI=1S/C15H16BrN/c1-11(17-2)12-6-8-13(9-7-12)14-4-3-5-15(16)10-14/h3-11,17H,1-2H3. The summed E-state index contributed by atoms with van der Waals surface area (Å²) in [6.07, 6.45) is 0. The summed E-state index contributed by atoms with van der Waals surface area (Å²) in [7, 11) is 1.98. The van der Waals surface area contributed by atoms with Crippen molar-refractivity contribution in [2.75, 3.05) is 7.05 Å². The molecule has 0 aliphatic rings. The Labute approximate surface area is 111 Å². The average Bonchev–Trinajstić information content (AvgIpc) is 2.38. The van der Waals surface area contributed by atoms with E-state index in [0.29, 0.717) is 6.04 Å². The molecular weight excluding hydrogens is 274 g/mol. The van der Waals surface area contributed by atoms with Gasteiger partial charge in [0.1, 0.15) is 0 Å². The zero-order chi connectivity index (χ0) is 12.3. The summed E-state index contributed by atoms with van der Waals surface area (Å²) in [5.74, 6) is 0. The van der Waals surface area contributed by atoms with Gasteiger partial charge in [0.05, 0.1) is 0 Å². The number of halogens is 1. The molecule has 0 spiro atoms. The van der Waals surface area contributed by atoms with Crippen LogP contribution in [0.25, 0.3) is 11.1 Å². The van der Waals surface area contributed by atoms with E-state index >= 15 is 0 Å². The van der Waals surface area contributed by atoms with Crippen molar-refractivity contribution in [1.82, 2.24) is 5.32 Å². The van der Waals surface area contributed by atoms with Crippen molar-refractivity contribution in [3.05, 3.63) is 58.6 Å². The molecule has 0 aromatic heterocycles. The van der Waals surface area contributed by atoms with E-state index in [2.05, 4.69) is 70.6 Å². The number of nitrogens with one attached hydrogen (secondary N) is 1. The van der Waals surface area contributed by atoms with Gasteiger partial charge >= 0.3 is 0 Å². The summed E-state index contributed by atoms with van der Waals surface area (Å²) in [4.78, 5) is 0. The molecule has 17 heavy (non-hydrogen) atoms. The minimum atomic E-state index is 0.395. The van der Waals surface area contributed by atoms with Gasteiger partial charge < -0.3 is 5.32 Å². The molecule has 0 aliphatic heterocycles. The van der Waals surface area contributed by atoms with Crippen LogP contribution in [-0.2, 0) is 0 Å². The van der Waals surface area contributed by atoms with Crippen LogP contribution in [0.3, 0.4) is 0 Å². The Hall–Kier alpha value is -1.12. The minimum absolute atomic E-state index is 0.395. The van der Waals surface area contributed by atoms with Crippen LogP contribution in [0, 0.1) is 0 Å². The van der Waals surface area contributed by atoms with Gasteiger partial charge in [0.15, 0.2) is 0 Å². The second kappa shape index (κ2) is 5.48. The lowest BCUT2D eigenvalue weighted by Gasteiger charge is -2.11. The van der Waals surface area contributed by atoms with Crippen molar-refractivity contribution in [3.8, 4) is 11.1 Å². The van der Waals surface area contributed by atoms with Gasteiger partial charge in [-0.3, -0.25) is 0 Å². The molecule has 0 amide bonds. The highest BCUT2D eigenvalue weighted by Crippen LogP contribution is 2.24. The molecule has 2 aromatic carbocycles. The van der Waals surface area contributed by atoms with E-state index in [1.165, 1.54) is 16.7 Å². The number of hydrogen-bond donors (Lipinski definition) is 1. The number of hydrogen-bond acceptors (Lipinski definition) is 1. The van der Waals surface area contributed by atoms with Crippen LogP contribution in [0.15, 0.2) is 53.0 Å². The lowest BCUT2D eigenvalue weighted by molar-refractivity contribution is 0.652. The van der Waals surface area contributed by atoms with Gasteiger partial charge in [-0.05, 0) is 42.8 Å². The first kappa shape index (κ1) is 12.3. The molecule has 1 N–H and O–H groups in total. The van der Waals surface area contributed by atoms with Gasteiger partial charge in [0.2, 0.25) is 0 Å². The first-order valence-electron chi connectivity index (χ1n) is 5.74. The van der Waals surface area contributed by atoms with E-state index in [4.69, 9.17) is 0 Å². The SMILES string of the molecule is CNC(C)c1ccc(-c2cccc(Br)c2)cc1. The molecule has 0 bridgehead atoms. The van der Waals surface area contributed by atoms with Gasteiger partial charge in [-0.25, -0.2) is 0 Å². The summed E-state index contributed by atoms with van der Waals surface area (Å²) in [6.45, 7) is 2.16. The van der Waals surface area contributed by atoms with Crippen LogP contribution in [0.4, 0.5) is 0 Å². The maximum absolute atomic E-state index is 3.50. The van der Waals surface area contributed by atoms with Crippen molar-refractivity contribution in [1.29, 1.82) is 0 Å². The molecule has 0 radical (unpaired) electrons. The summed E-state index contributed by atoms with van der Waals surface area (Å²) in [5, 5.41) is 3.24. The summed E-state index contributed by atoms with van der Waals surface area (Å²) < 4.78 is 1.11. The largest absolute Gasteiger partial charge is 0.313 e. The van der Waals surface area contributed by atoms with Crippen molar-refractivity contribution in [2.24, 2.45) is 0 Å². The third-order valence-electron chi connectivity index (χ3n) is 3.00. The molecular formula is C15H16BrN. The Kier molecular flexibility index (Phi) is 3.97. The second-order valence-electron chi connectivity index (χ2n) is 4.14. The third kappa shape index (κ3) is 2.96. The van der Waals surface area contributed by atoms with Crippen molar-refractivity contribution >= 4 is 15.9 Å². The molecule has 1 atom stereocenters. The van der Waals surface area contributed by atoms with E-state index < -0.39 is 0 Å². The normalized spacial score (nSPS) is 12.4. The molecule has 2 heteroatoms. The van der Waals surface area contributed by atoms with E-state index in [0.717, 1.165) is 4.47 Å². The van der Waals surface area contributed by atoms with Gasteiger partial charge in [-0.2, -0.15) is 0 Å². The van der Waals surface area contributed by atoms with Gasteiger partial charge in [0.25, 0.3) is 0 Å². The zero-order valence-corrected chi connectivity index (χ0v) is 11.7. The third-order valence-corrected chi connectivity index (χ3v) is 3.49. The van der Waals surface area contributed by atoms with Gasteiger partial charge in [-0.15, -0.1) is 0 Å². The van der Waals surface area contributed by atoms with Crippen LogP contribution >= 0.6 is 15.9 Å². The molecule has 2 rings (SSSR count). The van der Waals surface area contributed by atoms with E-state index in [1.807, 2.05) is 13.1 Å². The van der Waals surface area contributed by atoms with Crippen LogP contribution in [0.2, 0.25) is 0 Å². The molecule has 0 saturated heterocycles. The average molecular weight is 290 g/mol. The molecule has 88 valence electrons. The van der Waals surface area contributed by atoms with Crippen LogP contribution in [0.1, 0.15) is 18.5 Å². The Morgan fingerprint density at radius 1 is 1.00 bits per heavy atom. The first-order chi connectivity index (χ1) is 8.20. The van der Waals surface area contributed by atoms with E-state index in [-0.39, 0.29) is 0 Å². The summed E-state index contributed by atoms with van der Waals surface area (Å²) >= 11 is 3.50. The maximum atomic E-state index is 3.50. The lowest BCUT2D eigenvalue weighted by Crippen LogP contribution is -2.11. The zero-order valence-electron chi connectivity index (χ0n) is 10.1. The topological polar surface area (TPSA) is 12.0 Å². The number of benzene rings is 2. The molecule has 0 aliphatic carbocycles. The molecule has 0 saturated carbocycles. The van der Waals surface area contributed by atoms with E-state index in [1.54, 1.807) is 0 Å². The Morgan fingerprint density at radius 3 is 2.29 bits per heavy atom. The lowest BCUT2D eigenvalue weighted by atomic mass is 10.0. The summed E-state index contributed by atoms with van der Waals surface area (Å²) in [5.41, 5.74) is 3.80. The Morgan fingerprint density at radius 2 is 1.71 bits per heavy atom. The molecule has 0 fully saturated rings. The van der Waals surface area contributed by atoms with Crippen molar-refractivity contribution in [2.45, 2.75) is 13.0 Å².